The first-order valence-electron chi connectivity index (χ1n) is 5.58. The number of hydrogen-bond donors (Lipinski definition) is 0. The van der Waals surface area contributed by atoms with Gasteiger partial charge in [-0.3, -0.25) is 0 Å². The molecule has 2 nitrogen and oxygen atoms in total. The van der Waals surface area contributed by atoms with Gasteiger partial charge in [-0.2, -0.15) is 0 Å². The molecule has 0 heterocycles. The van der Waals surface area contributed by atoms with Crippen molar-refractivity contribution in [1.82, 2.24) is 0 Å². The van der Waals surface area contributed by atoms with Gasteiger partial charge >= 0.3 is 0 Å². The van der Waals surface area contributed by atoms with E-state index in [-0.39, 0.29) is 0 Å². The van der Waals surface area contributed by atoms with Crippen molar-refractivity contribution in [3.63, 3.8) is 0 Å². The lowest BCUT2D eigenvalue weighted by atomic mass is 9.77. The number of hydrogen-bond acceptors (Lipinski definition) is 4. The quantitative estimate of drug-likeness (QED) is 0.350. The Morgan fingerprint density at radius 1 is 1.06 bits per heavy atom. The molecule has 0 saturated heterocycles. The first-order valence-corrected chi connectivity index (χ1v) is 12.1. The van der Waals surface area contributed by atoms with Gasteiger partial charge < -0.3 is 8.37 Å². The lowest BCUT2D eigenvalue weighted by Crippen LogP contribution is -2.27. The summed E-state index contributed by atoms with van der Waals surface area (Å²) >= 11 is 4.36. The minimum absolute atomic E-state index is 0.567. The van der Waals surface area contributed by atoms with Crippen molar-refractivity contribution in [2.24, 2.45) is 17.8 Å². The average Bonchev–Trinajstić information content (AvgIpc) is 2.31. The van der Waals surface area contributed by atoms with Crippen LogP contribution in [0.5, 0.6) is 0 Å². The molecule has 0 N–H and O–H groups in total. The van der Waals surface area contributed by atoms with Gasteiger partial charge in [-0.25, -0.2) is 0 Å². The highest BCUT2D eigenvalue weighted by Gasteiger charge is 2.26. The van der Waals surface area contributed by atoms with Gasteiger partial charge in [0, 0.05) is 48.3 Å². The Morgan fingerprint density at radius 3 is 2.00 bits per heavy atom. The third-order valence-electron chi connectivity index (χ3n) is 3.38. The van der Waals surface area contributed by atoms with Gasteiger partial charge in [0.25, 0.3) is 0 Å². The molecule has 0 amide bonds. The van der Waals surface area contributed by atoms with Crippen molar-refractivity contribution in [2.75, 3.05) is 13.2 Å². The van der Waals surface area contributed by atoms with E-state index >= 15 is 0 Å². The molecule has 0 spiro atoms. The van der Waals surface area contributed by atoms with E-state index < -0.39 is 0 Å². The fourth-order valence-corrected chi connectivity index (χ4v) is 3.64. The van der Waals surface area contributed by atoms with E-state index in [0.717, 1.165) is 25.0 Å². The van der Waals surface area contributed by atoms with E-state index in [1.54, 1.807) is 0 Å². The first kappa shape index (κ1) is 16.1. The highest BCUT2D eigenvalue weighted by molar-refractivity contribution is 14.2. The third kappa shape index (κ3) is 6.31. The second kappa shape index (κ2) is 9.94. The summed E-state index contributed by atoms with van der Waals surface area (Å²) in [6.45, 7) is 4.01. The maximum Gasteiger partial charge on any atom is 0.0676 e. The molecule has 1 aliphatic carbocycles. The lowest BCUT2D eigenvalue weighted by molar-refractivity contribution is 0.120. The zero-order valence-electron chi connectivity index (χ0n) is 9.36. The molecular weight excluding hydrogens is 470 g/mol. The smallest absolute Gasteiger partial charge is 0.0676 e. The highest BCUT2D eigenvalue weighted by atomic mass is 127. The Kier molecular flexibility index (Phi) is 10.0. The summed E-state index contributed by atoms with van der Waals surface area (Å²) in [4.78, 5) is 0. The van der Waals surface area contributed by atoms with Crippen LogP contribution in [-0.4, -0.2) is 13.2 Å². The molecular formula is C10H18I2O2S2. The van der Waals surface area contributed by atoms with Gasteiger partial charge in [-0.15, -0.1) is 0 Å². The van der Waals surface area contributed by atoms with Crippen LogP contribution in [0.25, 0.3) is 0 Å². The summed E-state index contributed by atoms with van der Waals surface area (Å²) in [6, 6.07) is 0. The van der Waals surface area contributed by atoms with Crippen molar-refractivity contribution in [3.8, 4) is 0 Å². The average molecular weight is 488 g/mol. The number of rotatable bonds is 7. The Bertz CT molecular complexity index is 170. The zero-order chi connectivity index (χ0) is 11.8. The molecule has 6 heteroatoms. The summed E-state index contributed by atoms with van der Waals surface area (Å²) < 4.78 is 11.0. The van der Waals surface area contributed by atoms with Crippen LogP contribution in [0.4, 0.5) is 0 Å². The van der Waals surface area contributed by atoms with E-state index in [1.807, 2.05) is 0 Å². The highest BCUT2D eigenvalue weighted by Crippen LogP contribution is 2.35. The first-order chi connectivity index (χ1) is 7.77. The van der Waals surface area contributed by atoms with Gasteiger partial charge in [0.2, 0.25) is 0 Å². The van der Waals surface area contributed by atoms with Crippen LogP contribution >= 0.6 is 60.8 Å². The molecule has 1 fully saturated rings. The topological polar surface area (TPSA) is 18.5 Å². The Morgan fingerprint density at radius 2 is 1.56 bits per heavy atom. The maximum atomic E-state index is 5.48. The van der Waals surface area contributed by atoms with Crippen molar-refractivity contribution in [3.05, 3.63) is 0 Å². The van der Waals surface area contributed by atoms with Gasteiger partial charge in [0.1, 0.15) is 0 Å². The molecule has 96 valence electrons. The van der Waals surface area contributed by atoms with Crippen molar-refractivity contribution in [2.45, 2.75) is 32.6 Å². The standard InChI is InChI=1S/C10H18I2O2S2/c1-8-2-4-9(5-3-8)10(6-13-15-11)7-14-16-12/h8-10H,2-7H2,1H3. The van der Waals surface area contributed by atoms with Gasteiger partial charge in [-0.1, -0.05) is 19.8 Å². The van der Waals surface area contributed by atoms with Gasteiger partial charge in [0.15, 0.2) is 0 Å². The summed E-state index contributed by atoms with van der Waals surface area (Å²) in [5.74, 6) is 2.27. The minimum atomic E-state index is 0.567. The van der Waals surface area contributed by atoms with Crippen LogP contribution in [0.2, 0.25) is 0 Å². The van der Waals surface area contributed by atoms with Crippen LogP contribution in [-0.2, 0) is 8.37 Å². The minimum Gasteiger partial charge on any atom is -0.305 e. The van der Waals surface area contributed by atoms with E-state index in [0.29, 0.717) is 5.92 Å². The van der Waals surface area contributed by atoms with Gasteiger partial charge in [-0.05, 0) is 24.7 Å². The summed E-state index contributed by atoms with van der Waals surface area (Å²) in [5, 5.41) is 0. The summed E-state index contributed by atoms with van der Waals surface area (Å²) in [6.07, 6.45) is 5.43. The predicted octanol–water partition coefficient (Wildman–Crippen LogP) is 5.46. The third-order valence-corrected chi connectivity index (χ3v) is 5.36. The second-order valence-electron chi connectivity index (χ2n) is 4.48. The van der Waals surface area contributed by atoms with E-state index in [4.69, 9.17) is 8.37 Å². The zero-order valence-corrected chi connectivity index (χ0v) is 15.3. The molecule has 1 aliphatic rings. The Hall–Kier alpha value is 2.08. The van der Waals surface area contributed by atoms with Crippen molar-refractivity contribution < 1.29 is 8.37 Å². The van der Waals surface area contributed by atoms with Gasteiger partial charge in [0.05, 0.1) is 31.6 Å². The summed E-state index contributed by atoms with van der Waals surface area (Å²) in [5.41, 5.74) is 0. The van der Waals surface area contributed by atoms with Crippen LogP contribution < -0.4 is 0 Å². The molecule has 1 rings (SSSR count). The molecule has 0 aromatic heterocycles. The van der Waals surface area contributed by atoms with Crippen molar-refractivity contribution in [1.29, 1.82) is 0 Å². The Balaban J connectivity index is 2.34. The molecule has 0 unspecified atom stereocenters. The molecule has 16 heavy (non-hydrogen) atoms. The summed E-state index contributed by atoms with van der Waals surface area (Å²) in [7, 11) is 2.87. The van der Waals surface area contributed by atoms with E-state index in [9.17, 15) is 0 Å². The molecule has 1 saturated carbocycles. The van der Waals surface area contributed by atoms with E-state index in [1.165, 1.54) is 44.1 Å². The van der Waals surface area contributed by atoms with Crippen molar-refractivity contribution >= 4 is 60.8 Å². The fraction of sp³-hybridized carbons (Fsp3) is 1.00. The largest absolute Gasteiger partial charge is 0.305 e. The second-order valence-corrected chi connectivity index (χ2v) is 7.36. The van der Waals surface area contributed by atoms with Crippen LogP contribution in [0.1, 0.15) is 32.6 Å². The number of halogens is 2. The Labute approximate surface area is 131 Å². The molecule has 0 radical (unpaired) electrons. The maximum absolute atomic E-state index is 5.48. The monoisotopic (exact) mass is 488 g/mol. The molecule has 0 aromatic carbocycles. The molecule has 0 atom stereocenters. The van der Waals surface area contributed by atoms with Crippen LogP contribution in [0.15, 0.2) is 0 Å². The fourth-order valence-electron chi connectivity index (χ4n) is 2.30. The van der Waals surface area contributed by atoms with Crippen LogP contribution in [0, 0.1) is 17.8 Å². The molecule has 0 aliphatic heterocycles. The normalized spacial score (nSPS) is 26.2. The SMILES string of the molecule is CC1CCC(C(COSI)COSI)CC1. The van der Waals surface area contributed by atoms with E-state index in [2.05, 4.69) is 49.3 Å². The van der Waals surface area contributed by atoms with Crippen LogP contribution in [0.3, 0.4) is 0 Å². The molecule has 0 bridgehead atoms. The molecule has 0 aromatic rings. The lowest BCUT2D eigenvalue weighted by Gasteiger charge is -2.31. The predicted molar refractivity (Wildman–Crippen MR) is 89.7 cm³/mol.